The van der Waals surface area contributed by atoms with Gasteiger partial charge in [0, 0.05) is 55.5 Å². The van der Waals surface area contributed by atoms with Crippen molar-refractivity contribution in [1.82, 2.24) is 10.6 Å². The summed E-state index contributed by atoms with van der Waals surface area (Å²) in [7, 11) is 0. The highest BCUT2D eigenvalue weighted by Crippen LogP contribution is 2.32. The minimum absolute atomic E-state index is 0.0225. The number of hydrogen-bond acceptors (Lipinski definition) is 4. The lowest BCUT2D eigenvalue weighted by molar-refractivity contribution is 0.131. The molecule has 0 aromatic heterocycles. The summed E-state index contributed by atoms with van der Waals surface area (Å²) in [6.45, 7) is 10.3. The van der Waals surface area contributed by atoms with Crippen LogP contribution >= 0.6 is 11.6 Å². The number of aryl methyl sites for hydroxylation is 1. The molecule has 0 saturated carbocycles. The first-order valence-corrected chi connectivity index (χ1v) is 11.1. The fraction of sp³-hybridized carbons (Fsp3) is 0.682. The van der Waals surface area contributed by atoms with E-state index < -0.39 is 0 Å². The van der Waals surface area contributed by atoms with Crippen molar-refractivity contribution in [3.8, 4) is 0 Å². The number of anilines is 1. The lowest BCUT2D eigenvalue weighted by Crippen LogP contribution is -2.41. The molecule has 0 aliphatic carbocycles. The molecule has 0 bridgehead atoms. The minimum atomic E-state index is -0.0225. The molecule has 2 unspecified atom stereocenters. The van der Waals surface area contributed by atoms with Crippen LogP contribution in [0.5, 0.6) is 0 Å². The predicted octanol–water partition coefficient (Wildman–Crippen LogP) is 2.82. The number of aliphatic hydroxyl groups excluding tert-OH is 1. The van der Waals surface area contributed by atoms with Crippen molar-refractivity contribution in [3.05, 3.63) is 28.8 Å². The van der Waals surface area contributed by atoms with Gasteiger partial charge >= 0.3 is 0 Å². The fourth-order valence-electron chi connectivity index (χ4n) is 4.26. The van der Waals surface area contributed by atoms with Crippen LogP contribution in [0.25, 0.3) is 0 Å². The Balaban J connectivity index is 1.54. The van der Waals surface area contributed by atoms with Gasteiger partial charge in [0.1, 0.15) is 0 Å². The Kier molecular flexibility index (Phi) is 8.04. The van der Waals surface area contributed by atoms with Crippen molar-refractivity contribution in [3.63, 3.8) is 0 Å². The third-order valence-electron chi connectivity index (χ3n) is 6.10. The largest absolute Gasteiger partial charge is 0.396 e. The van der Waals surface area contributed by atoms with Crippen LogP contribution in [0.4, 0.5) is 5.69 Å². The van der Waals surface area contributed by atoms with Crippen LogP contribution < -0.4 is 15.5 Å². The second-order valence-corrected chi connectivity index (χ2v) is 8.82. The van der Waals surface area contributed by atoms with E-state index in [-0.39, 0.29) is 12.0 Å². The van der Waals surface area contributed by atoms with E-state index in [1.807, 2.05) is 6.07 Å². The number of nitrogens with one attached hydrogen (secondary N) is 2. The first-order chi connectivity index (χ1) is 14.0. The number of nitrogens with zero attached hydrogens (tertiary/aromatic N) is 2. The molecule has 1 aromatic rings. The van der Waals surface area contributed by atoms with Gasteiger partial charge in [0.05, 0.1) is 13.2 Å². The molecule has 0 amide bonds. The van der Waals surface area contributed by atoms with Gasteiger partial charge < -0.3 is 25.4 Å². The van der Waals surface area contributed by atoms with Crippen LogP contribution in [0.15, 0.2) is 23.2 Å². The van der Waals surface area contributed by atoms with Crippen molar-refractivity contribution >= 4 is 23.2 Å². The molecule has 2 aliphatic heterocycles. The van der Waals surface area contributed by atoms with Gasteiger partial charge in [-0.3, -0.25) is 4.99 Å². The summed E-state index contributed by atoms with van der Waals surface area (Å²) in [4.78, 5) is 7.26. The number of ether oxygens (including phenoxy) is 1. The van der Waals surface area contributed by atoms with Crippen molar-refractivity contribution < 1.29 is 9.84 Å². The van der Waals surface area contributed by atoms with Gasteiger partial charge in [-0.25, -0.2) is 0 Å². The van der Waals surface area contributed by atoms with E-state index in [2.05, 4.69) is 41.5 Å². The third kappa shape index (κ3) is 6.00. The Morgan fingerprint density at radius 2 is 2.28 bits per heavy atom. The summed E-state index contributed by atoms with van der Waals surface area (Å²) in [6, 6.07) is 6.12. The van der Waals surface area contributed by atoms with Gasteiger partial charge in [0.25, 0.3) is 0 Å². The maximum absolute atomic E-state index is 9.41. The summed E-state index contributed by atoms with van der Waals surface area (Å²) in [5.74, 6) is 1.42. The summed E-state index contributed by atoms with van der Waals surface area (Å²) < 4.78 is 5.58. The molecular weight excluding hydrogens is 388 g/mol. The van der Waals surface area contributed by atoms with Crippen molar-refractivity contribution in [2.24, 2.45) is 16.3 Å². The van der Waals surface area contributed by atoms with Crippen LogP contribution in [0.3, 0.4) is 0 Å². The quantitative estimate of drug-likeness (QED) is 0.444. The maximum Gasteiger partial charge on any atom is 0.191 e. The lowest BCUT2D eigenvalue weighted by atomic mass is 9.84. The molecule has 0 radical (unpaired) electrons. The van der Waals surface area contributed by atoms with Crippen LogP contribution in [0.2, 0.25) is 5.02 Å². The zero-order valence-electron chi connectivity index (χ0n) is 17.7. The average molecular weight is 423 g/mol. The Morgan fingerprint density at radius 1 is 1.41 bits per heavy atom. The molecule has 3 rings (SSSR count). The molecule has 0 spiro atoms. The van der Waals surface area contributed by atoms with E-state index in [0.29, 0.717) is 19.1 Å². The first-order valence-electron chi connectivity index (χ1n) is 10.8. The molecule has 2 fully saturated rings. The average Bonchev–Trinajstić information content (AvgIpc) is 3.36. The molecular formula is C22H35ClN4O2. The van der Waals surface area contributed by atoms with E-state index in [1.54, 1.807) is 0 Å². The first kappa shape index (κ1) is 22.2. The Labute approximate surface area is 179 Å². The molecule has 2 atom stereocenters. The number of rotatable bonds is 8. The van der Waals surface area contributed by atoms with Crippen molar-refractivity contribution in [2.45, 2.75) is 33.1 Å². The molecule has 1 aromatic carbocycles. The van der Waals surface area contributed by atoms with Gasteiger partial charge in [-0.2, -0.15) is 0 Å². The predicted molar refractivity (Wildman–Crippen MR) is 120 cm³/mol. The second-order valence-electron chi connectivity index (χ2n) is 8.38. The van der Waals surface area contributed by atoms with E-state index in [9.17, 15) is 5.11 Å². The standard InChI is InChI=1S/C22H35ClN4O2/c1-3-24-21(26-15-22(7-10-28)8-11-29-16-22)25-13-18-6-9-27(14-18)20-12-19(23)5-4-17(20)2/h4-5,12,18,28H,3,6-11,13-16H2,1-2H3,(H2,24,25,26). The second kappa shape index (κ2) is 10.5. The van der Waals surface area contributed by atoms with Crippen LogP contribution in [-0.2, 0) is 4.74 Å². The maximum atomic E-state index is 9.41. The summed E-state index contributed by atoms with van der Waals surface area (Å²) in [5.41, 5.74) is 2.49. The summed E-state index contributed by atoms with van der Waals surface area (Å²) in [5, 5.41) is 17.1. The highest BCUT2D eigenvalue weighted by Gasteiger charge is 2.34. The molecule has 2 saturated heterocycles. The van der Waals surface area contributed by atoms with Gasteiger partial charge in [0.2, 0.25) is 0 Å². The number of aliphatic imine (C=N–C) groups is 1. The molecule has 6 nitrogen and oxygen atoms in total. The van der Waals surface area contributed by atoms with E-state index in [1.165, 1.54) is 11.3 Å². The van der Waals surface area contributed by atoms with Crippen LogP contribution in [-0.4, -0.2) is 63.6 Å². The molecule has 29 heavy (non-hydrogen) atoms. The van der Waals surface area contributed by atoms with Gasteiger partial charge in [-0.1, -0.05) is 17.7 Å². The monoisotopic (exact) mass is 422 g/mol. The van der Waals surface area contributed by atoms with Crippen LogP contribution in [0, 0.1) is 18.3 Å². The molecule has 2 heterocycles. The number of benzene rings is 1. The molecule has 162 valence electrons. The van der Waals surface area contributed by atoms with E-state index in [0.717, 1.165) is 63.0 Å². The summed E-state index contributed by atoms with van der Waals surface area (Å²) in [6.07, 6.45) is 2.86. The fourth-order valence-corrected chi connectivity index (χ4v) is 4.42. The number of halogens is 1. The van der Waals surface area contributed by atoms with Crippen molar-refractivity contribution in [2.75, 3.05) is 57.4 Å². The minimum Gasteiger partial charge on any atom is -0.396 e. The zero-order chi connectivity index (χ0) is 20.7. The molecule has 7 heteroatoms. The zero-order valence-corrected chi connectivity index (χ0v) is 18.5. The van der Waals surface area contributed by atoms with Crippen LogP contribution in [0.1, 0.15) is 31.7 Å². The molecule has 3 N–H and O–H groups in total. The summed E-state index contributed by atoms with van der Waals surface area (Å²) >= 11 is 6.20. The number of aliphatic hydroxyl groups is 1. The highest BCUT2D eigenvalue weighted by atomic mass is 35.5. The Hall–Kier alpha value is -1.50. The molecule has 2 aliphatic rings. The number of hydrogen-bond donors (Lipinski definition) is 3. The van der Waals surface area contributed by atoms with Gasteiger partial charge in [0.15, 0.2) is 5.96 Å². The lowest BCUT2D eigenvalue weighted by Gasteiger charge is -2.25. The van der Waals surface area contributed by atoms with Gasteiger partial charge in [-0.15, -0.1) is 0 Å². The smallest absolute Gasteiger partial charge is 0.191 e. The normalized spacial score (nSPS) is 24.9. The Morgan fingerprint density at radius 3 is 3.00 bits per heavy atom. The highest BCUT2D eigenvalue weighted by molar-refractivity contribution is 6.30. The number of guanidine groups is 1. The van der Waals surface area contributed by atoms with Gasteiger partial charge in [-0.05, 0) is 56.7 Å². The van der Waals surface area contributed by atoms with E-state index in [4.69, 9.17) is 21.3 Å². The third-order valence-corrected chi connectivity index (χ3v) is 6.33. The van der Waals surface area contributed by atoms with Crippen molar-refractivity contribution in [1.29, 1.82) is 0 Å². The van der Waals surface area contributed by atoms with E-state index >= 15 is 0 Å². The topological polar surface area (TPSA) is 69.1 Å². The Bertz CT molecular complexity index is 691. The SMILES string of the molecule is CCNC(=NCC1(CCO)CCOC1)NCC1CCN(c2cc(Cl)ccc2C)C1.